The minimum Gasteiger partial charge on any atom is -0.506 e. The van der Waals surface area contributed by atoms with E-state index in [1.807, 2.05) is 0 Å². The van der Waals surface area contributed by atoms with Crippen LogP contribution in [0.1, 0.15) is 0 Å². The summed E-state index contributed by atoms with van der Waals surface area (Å²) in [6, 6.07) is 7.80. The predicted molar refractivity (Wildman–Crippen MR) is 84.8 cm³/mol. The highest BCUT2D eigenvalue weighted by atomic mass is 16.6. The number of para-hydroxylation sites is 1. The summed E-state index contributed by atoms with van der Waals surface area (Å²) in [4.78, 5) is 22.1. The predicted octanol–water partition coefficient (Wildman–Crippen LogP) is 2.72. The zero-order chi connectivity index (χ0) is 17.1. The molecule has 3 N–H and O–H groups in total. The van der Waals surface area contributed by atoms with Crippen molar-refractivity contribution in [3.63, 3.8) is 0 Å². The van der Waals surface area contributed by atoms with Crippen LogP contribution in [-0.2, 0) is 0 Å². The third kappa shape index (κ3) is 3.14. The van der Waals surface area contributed by atoms with Gasteiger partial charge in [0.15, 0.2) is 11.5 Å². The molecule has 1 heterocycles. The maximum absolute atomic E-state index is 12.1. The molecule has 9 heteroatoms. The number of fused-ring (bicyclic) bond motifs is 1. The van der Waals surface area contributed by atoms with Crippen LogP contribution in [0.4, 0.5) is 21.9 Å². The second-order valence-corrected chi connectivity index (χ2v) is 4.87. The quantitative estimate of drug-likeness (QED) is 0.451. The van der Waals surface area contributed by atoms with Gasteiger partial charge in [-0.2, -0.15) is 0 Å². The molecule has 0 saturated heterocycles. The minimum absolute atomic E-state index is 0.0417. The summed E-state index contributed by atoms with van der Waals surface area (Å²) in [6.07, 6.45) is 0. The first-order chi connectivity index (χ1) is 11.5. The lowest BCUT2D eigenvalue weighted by Crippen LogP contribution is -2.22. The van der Waals surface area contributed by atoms with Crippen LogP contribution in [0.25, 0.3) is 0 Å². The van der Waals surface area contributed by atoms with Crippen LogP contribution >= 0.6 is 0 Å². The molecule has 1 aliphatic heterocycles. The van der Waals surface area contributed by atoms with Crippen molar-refractivity contribution in [2.75, 3.05) is 23.8 Å². The highest BCUT2D eigenvalue weighted by molar-refractivity contribution is 6.01. The smallest absolute Gasteiger partial charge is 0.323 e. The van der Waals surface area contributed by atoms with E-state index in [2.05, 4.69) is 10.6 Å². The van der Waals surface area contributed by atoms with Gasteiger partial charge in [0.2, 0.25) is 0 Å². The summed E-state index contributed by atoms with van der Waals surface area (Å²) in [5.74, 6) is 0.540. The molecule has 1 aliphatic rings. The van der Waals surface area contributed by atoms with Crippen LogP contribution in [0, 0.1) is 10.1 Å². The Morgan fingerprint density at radius 2 is 1.88 bits per heavy atom. The van der Waals surface area contributed by atoms with Gasteiger partial charge < -0.3 is 25.2 Å². The molecular formula is C15H13N3O6. The Morgan fingerprint density at radius 3 is 2.62 bits per heavy atom. The highest BCUT2D eigenvalue weighted by Gasteiger charge is 2.18. The molecule has 0 fully saturated rings. The first-order valence-electron chi connectivity index (χ1n) is 6.98. The van der Waals surface area contributed by atoms with E-state index in [-0.39, 0.29) is 11.4 Å². The lowest BCUT2D eigenvalue weighted by molar-refractivity contribution is -0.384. The second-order valence-electron chi connectivity index (χ2n) is 4.87. The number of amides is 2. The largest absolute Gasteiger partial charge is 0.506 e. The molecule has 2 aromatic rings. The van der Waals surface area contributed by atoms with E-state index in [9.17, 15) is 20.0 Å². The summed E-state index contributed by atoms with van der Waals surface area (Å²) >= 11 is 0. The number of nitro benzene ring substituents is 1. The van der Waals surface area contributed by atoms with Gasteiger partial charge in [0.25, 0.3) is 5.69 Å². The number of ether oxygens (including phenoxy) is 2. The Hall–Kier alpha value is -3.49. The number of carbonyl (C=O) groups is 1. The van der Waals surface area contributed by atoms with Crippen molar-refractivity contribution in [3.05, 3.63) is 46.5 Å². The van der Waals surface area contributed by atoms with Crippen molar-refractivity contribution in [1.82, 2.24) is 0 Å². The van der Waals surface area contributed by atoms with Crippen LogP contribution in [0.2, 0.25) is 0 Å². The van der Waals surface area contributed by atoms with Crippen LogP contribution in [0.3, 0.4) is 0 Å². The number of nitrogens with zero attached hydrogens (tertiary/aromatic N) is 1. The first kappa shape index (κ1) is 15.4. The SMILES string of the molecule is O=C(Nc1ccc([N+](=O)[O-])cc1O)Nc1cccc2c1OCCO2. The molecule has 9 nitrogen and oxygen atoms in total. The molecule has 0 unspecified atom stereocenters. The van der Waals surface area contributed by atoms with Gasteiger partial charge in [0, 0.05) is 6.07 Å². The van der Waals surface area contributed by atoms with E-state index in [1.165, 1.54) is 12.1 Å². The number of anilines is 2. The Kier molecular flexibility index (Phi) is 4.06. The first-order valence-corrected chi connectivity index (χ1v) is 6.98. The van der Waals surface area contributed by atoms with E-state index in [1.54, 1.807) is 18.2 Å². The summed E-state index contributed by atoms with van der Waals surface area (Å²) in [5.41, 5.74) is 0.173. The van der Waals surface area contributed by atoms with E-state index >= 15 is 0 Å². The fraction of sp³-hybridized carbons (Fsp3) is 0.133. The standard InChI is InChI=1S/C15H13N3O6/c19-12-8-9(18(21)22)4-5-10(12)16-15(20)17-11-2-1-3-13-14(11)24-7-6-23-13/h1-5,8,19H,6-7H2,(H2,16,17,20). The fourth-order valence-electron chi connectivity index (χ4n) is 2.19. The molecule has 2 aromatic carbocycles. The van der Waals surface area contributed by atoms with Gasteiger partial charge in [0.1, 0.15) is 19.0 Å². The Labute approximate surface area is 136 Å². The average molecular weight is 331 g/mol. The third-order valence-electron chi connectivity index (χ3n) is 3.25. The number of rotatable bonds is 3. The summed E-state index contributed by atoms with van der Waals surface area (Å²) in [5, 5.41) is 25.4. The molecule has 0 atom stereocenters. The third-order valence-corrected chi connectivity index (χ3v) is 3.25. The molecule has 24 heavy (non-hydrogen) atoms. The van der Waals surface area contributed by atoms with E-state index in [0.717, 1.165) is 6.07 Å². The molecule has 124 valence electrons. The number of benzene rings is 2. The summed E-state index contributed by atoms with van der Waals surface area (Å²) in [7, 11) is 0. The number of non-ortho nitro benzene ring substituents is 1. The maximum atomic E-state index is 12.1. The summed E-state index contributed by atoms with van der Waals surface area (Å²) in [6.45, 7) is 0.801. The molecule has 0 aromatic heterocycles. The van der Waals surface area contributed by atoms with Gasteiger partial charge in [0.05, 0.1) is 22.4 Å². The number of phenols is 1. The van der Waals surface area contributed by atoms with Crippen LogP contribution in [0.15, 0.2) is 36.4 Å². The van der Waals surface area contributed by atoms with Gasteiger partial charge in [-0.15, -0.1) is 0 Å². The second kappa shape index (κ2) is 6.32. The molecular weight excluding hydrogens is 318 g/mol. The van der Waals surface area contributed by atoms with E-state index < -0.39 is 16.7 Å². The Balaban J connectivity index is 1.74. The van der Waals surface area contributed by atoms with Gasteiger partial charge in [-0.05, 0) is 18.2 Å². The lowest BCUT2D eigenvalue weighted by atomic mass is 10.2. The normalized spacial score (nSPS) is 12.3. The van der Waals surface area contributed by atoms with Crippen LogP contribution < -0.4 is 20.1 Å². The molecule has 0 radical (unpaired) electrons. The number of hydrogen-bond acceptors (Lipinski definition) is 6. The number of nitrogens with one attached hydrogen (secondary N) is 2. The minimum atomic E-state index is -0.642. The van der Waals surface area contributed by atoms with Crippen LogP contribution in [0.5, 0.6) is 17.2 Å². The maximum Gasteiger partial charge on any atom is 0.323 e. The van der Waals surface area contributed by atoms with Crippen LogP contribution in [-0.4, -0.2) is 29.3 Å². The van der Waals surface area contributed by atoms with Crippen molar-refractivity contribution >= 4 is 23.1 Å². The van der Waals surface area contributed by atoms with Crippen molar-refractivity contribution in [2.45, 2.75) is 0 Å². The number of nitro groups is 1. The van der Waals surface area contributed by atoms with Crippen molar-refractivity contribution in [2.24, 2.45) is 0 Å². The molecule has 2 amide bonds. The number of aromatic hydroxyl groups is 1. The molecule has 0 aliphatic carbocycles. The number of phenolic OH excluding ortho intramolecular Hbond substituents is 1. The molecule has 0 saturated carbocycles. The molecule has 0 spiro atoms. The lowest BCUT2D eigenvalue weighted by Gasteiger charge is -2.21. The van der Waals surface area contributed by atoms with Crippen molar-refractivity contribution in [3.8, 4) is 17.2 Å². The zero-order valence-electron chi connectivity index (χ0n) is 12.3. The van der Waals surface area contributed by atoms with Gasteiger partial charge in [-0.25, -0.2) is 4.79 Å². The topological polar surface area (TPSA) is 123 Å². The molecule has 0 bridgehead atoms. The number of hydrogen-bond donors (Lipinski definition) is 3. The van der Waals surface area contributed by atoms with Crippen molar-refractivity contribution < 1.29 is 24.3 Å². The van der Waals surface area contributed by atoms with E-state index in [0.29, 0.717) is 30.4 Å². The van der Waals surface area contributed by atoms with Gasteiger partial charge in [-0.3, -0.25) is 10.1 Å². The fourth-order valence-corrected chi connectivity index (χ4v) is 2.19. The molecule has 3 rings (SSSR count). The highest BCUT2D eigenvalue weighted by Crippen LogP contribution is 2.37. The van der Waals surface area contributed by atoms with E-state index in [4.69, 9.17) is 9.47 Å². The zero-order valence-corrected chi connectivity index (χ0v) is 12.3. The average Bonchev–Trinajstić information content (AvgIpc) is 2.57. The van der Waals surface area contributed by atoms with Crippen molar-refractivity contribution in [1.29, 1.82) is 0 Å². The number of carbonyl (C=O) groups excluding carboxylic acids is 1. The Morgan fingerprint density at radius 1 is 1.12 bits per heavy atom. The number of urea groups is 1. The summed E-state index contributed by atoms with van der Waals surface area (Å²) < 4.78 is 10.9. The van der Waals surface area contributed by atoms with Gasteiger partial charge >= 0.3 is 6.03 Å². The van der Waals surface area contributed by atoms with Gasteiger partial charge in [-0.1, -0.05) is 6.07 Å². The monoisotopic (exact) mass is 331 g/mol. The Bertz CT molecular complexity index is 808.